The third-order valence-electron chi connectivity index (χ3n) is 4.92. The van der Waals surface area contributed by atoms with Crippen molar-refractivity contribution >= 4 is 0 Å². The van der Waals surface area contributed by atoms with E-state index in [0.29, 0.717) is 33.0 Å². The van der Waals surface area contributed by atoms with E-state index in [1.165, 1.54) is 5.56 Å². The lowest BCUT2D eigenvalue weighted by molar-refractivity contribution is -0.0621. The van der Waals surface area contributed by atoms with E-state index in [0.717, 1.165) is 37.4 Å². The predicted molar refractivity (Wildman–Crippen MR) is 110 cm³/mol. The number of benzene rings is 2. The maximum Gasteiger partial charge on any atom is 0.119 e. The number of para-hydroxylation sites is 1. The highest BCUT2D eigenvalue weighted by Crippen LogP contribution is 2.24. The molecule has 1 saturated heterocycles. The molecule has 0 spiro atoms. The Balaban J connectivity index is 1.47. The Bertz CT molecular complexity index is 692. The Morgan fingerprint density at radius 3 is 2.46 bits per heavy atom. The van der Waals surface area contributed by atoms with E-state index < -0.39 is 5.60 Å². The maximum absolute atomic E-state index is 11.0. The first-order valence-corrected chi connectivity index (χ1v) is 10.1. The van der Waals surface area contributed by atoms with Crippen LogP contribution in [0.1, 0.15) is 25.3 Å². The zero-order valence-corrected chi connectivity index (χ0v) is 16.7. The Hall–Kier alpha value is -2.08. The summed E-state index contributed by atoms with van der Waals surface area (Å²) in [6.07, 6.45) is 1.73. The summed E-state index contributed by atoms with van der Waals surface area (Å²) < 4.78 is 16.8. The molecule has 28 heavy (non-hydrogen) atoms. The van der Waals surface area contributed by atoms with Crippen molar-refractivity contribution < 1.29 is 19.3 Å². The van der Waals surface area contributed by atoms with Crippen LogP contribution in [0, 0.1) is 0 Å². The van der Waals surface area contributed by atoms with E-state index in [2.05, 4.69) is 17.0 Å². The average molecular weight is 386 g/mol. The van der Waals surface area contributed by atoms with Crippen LogP contribution in [-0.2, 0) is 11.3 Å². The molecular formula is C23H31NO4. The lowest BCUT2D eigenvalue weighted by atomic mass is 9.93. The SMILES string of the molecule is CCOCCOc1ccc(CN2CCC[C@](O)(COc3ccccc3)C2)cc1. The third kappa shape index (κ3) is 6.51. The summed E-state index contributed by atoms with van der Waals surface area (Å²) in [5, 5.41) is 11.0. The van der Waals surface area contributed by atoms with Gasteiger partial charge in [-0.3, -0.25) is 4.90 Å². The zero-order chi connectivity index (χ0) is 19.7. The Kier molecular flexibility index (Phi) is 7.71. The van der Waals surface area contributed by atoms with Gasteiger partial charge in [0.25, 0.3) is 0 Å². The quantitative estimate of drug-likeness (QED) is 0.635. The van der Waals surface area contributed by atoms with E-state index in [-0.39, 0.29) is 0 Å². The van der Waals surface area contributed by atoms with Gasteiger partial charge >= 0.3 is 0 Å². The molecule has 1 aliphatic heterocycles. The number of rotatable bonds is 10. The molecule has 5 heteroatoms. The van der Waals surface area contributed by atoms with Crippen LogP contribution in [0.15, 0.2) is 54.6 Å². The molecule has 1 heterocycles. The summed E-state index contributed by atoms with van der Waals surface area (Å²) in [5.74, 6) is 1.66. The summed E-state index contributed by atoms with van der Waals surface area (Å²) in [6.45, 7) is 6.59. The molecule has 1 N–H and O–H groups in total. The lowest BCUT2D eigenvalue weighted by Crippen LogP contribution is -2.51. The van der Waals surface area contributed by atoms with Crippen molar-refractivity contribution in [2.45, 2.75) is 31.9 Å². The fourth-order valence-electron chi connectivity index (χ4n) is 3.51. The van der Waals surface area contributed by atoms with E-state index in [9.17, 15) is 5.11 Å². The summed E-state index contributed by atoms with van der Waals surface area (Å²) in [5.41, 5.74) is 0.404. The van der Waals surface area contributed by atoms with Crippen molar-refractivity contribution in [3.8, 4) is 11.5 Å². The lowest BCUT2D eigenvalue weighted by Gasteiger charge is -2.39. The summed E-state index contributed by atoms with van der Waals surface area (Å²) in [7, 11) is 0. The van der Waals surface area contributed by atoms with Gasteiger partial charge in [-0.25, -0.2) is 0 Å². The van der Waals surface area contributed by atoms with Gasteiger partial charge in [0.15, 0.2) is 0 Å². The smallest absolute Gasteiger partial charge is 0.119 e. The monoisotopic (exact) mass is 385 g/mol. The van der Waals surface area contributed by atoms with Gasteiger partial charge < -0.3 is 19.3 Å². The van der Waals surface area contributed by atoms with Crippen LogP contribution < -0.4 is 9.47 Å². The number of piperidine rings is 1. The maximum atomic E-state index is 11.0. The van der Waals surface area contributed by atoms with Crippen LogP contribution in [-0.4, -0.2) is 55.1 Å². The van der Waals surface area contributed by atoms with Gasteiger partial charge in [-0.05, 0) is 56.1 Å². The van der Waals surface area contributed by atoms with Gasteiger partial charge in [-0.15, -0.1) is 0 Å². The first kappa shape index (κ1) is 20.6. The molecule has 0 bridgehead atoms. The number of hydrogen-bond donors (Lipinski definition) is 1. The van der Waals surface area contributed by atoms with Crippen molar-refractivity contribution in [2.24, 2.45) is 0 Å². The van der Waals surface area contributed by atoms with Gasteiger partial charge in [0.2, 0.25) is 0 Å². The van der Waals surface area contributed by atoms with E-state index >= 15 is 0 Å². The van der Waals surface area contributed by atoms with Gasteiger partial charge in [0.1, 0.15) is 30.3 Å². The van der Waals surface area contributed by atoms with E-state index in [1.807, 2.05) is 49.4 Å². The zero-order valence-electron chi connectivity index (χ0n) is 16.7. The molecule has 5 nitrogen and oxygen atoms in total. The number of ether oxygens (including phenoxy) is 3. The molecule has 0 radical (unpaired) electrons. The van der Waals surface area contributed by atoms with Gasteiger partial charge in [-0.2, -0.15) is 0 Å². The minimum atomic E-state index is -0.809. The van der Waals surface area contributed by atoms with Crippen molar-refractivity contribution in [3.63, 3.8) is 0 Å². The Morgan fingerprint density at radius 2 is 1.71 bits per heavy atom. The van der Waals surface area contributed by atoms with Crippen molar-refractivity contribution in [1.82, 2.24) is 4.90 Å². The predicted octanol–water partition coefficient (Wildman–Crippen LogP) is 3.51. The third-order valence-corrected chi connectivity index (χ3v) is 4.92. The molecule has 0 saturated carbocycles. The van der Waals surface area contributed by atoms with Crippen LogP contribution in [0.3, 0.4) is 0 Å². The molecule has 0 unspecified atom stereocenters. The first-order valence-electron chi connectivity index (χ1n) is 10.1. The minimum Gasteiger partial charge on any atom is -0.491 e. The van der Waals surface area contributed by atoms with Crippen molar-refractivity contribution in [3.05, 3.63) is 60.2 Å². The molecule has 1 aliphatic rings. The molecule has 3 rings (SSSR count). The number of hydrogen-bond acceptors (Lipinski definition) is 5. The molecule has 2 aromatic rings. The van der Waals surface area contributed by atoms with Crippen molar-refractivity contribution in [1.29, 1.82) is 0 Å². The summed E-state index contributed by atoms with van der Waals surface area (Å²) in [6, 6.07) is 17.8. The largest absolute Gasteiger partial charge is 0.491 e. The van der Waals surface area contributed by atoms with Crippen LogP contribution in [0.2, 0.25) is 0 Å². The fraction of sp³-hybridized carbons (Fsp3) is 0.478. The topological polar surface area (TPSA) is 51.2 Å². The Labute approximate surface area is 167 Å². The second-order valence-corrected chi connectivity index (χ2v) is 7.33. The molecular weight excluding hydrogens is 354 g/mol. The highest BCUT2D eigenvalue weighted by Gasteiger charge is 2.34. The second kappa shape index (κ2) is 10.5. The number of β-amino-alcohol motifs (C(OH)–C–C–N with tert-alkyl or cyclic N) is 1. The summed E-state index contributed by atoms with van der Waals surface area (Å²) in [4.78, 5) is 2.29. The van der Waals surface area contributed by atoms with Crippen LogP contribution in [0.25, 0.3) is 0 Å². The number of nitrogens with zero attached hydrogens (tertiary/aromatic N) is 1. The highest BCUT2D eigenvalue weighted by molar-refractivity contribution is 5.27. The van der Waals surface area contributed by atoms with Gasteiger partial charge in [0, 0.05) is 19.7 Å². The van der Waals surface area contributed by atoms with Gasteiger partial charge in [-0.1, -0.05) is 30.3 Å². The molecule has 1 fully saturated rings. The fourth-order valence-corrected chi connectivity index (χ4v) is 3.51. The molecule has 2 aromatic carbocycles. The average Bonchev–Trinajstić information content (AvgIpc) is 2.72. The van der Waals surface area contributed by atoms with Gasteiger partial charge in [0.05, 0.1) is 6.61 Å². The normalized spacial score (nSPS) is 20.1. The van der Waals surface area contributed by atoms with E-state index in [4.69, 9.17) is 14.2 Å². The molecule has 0 amide bonds. The number of likely N-dealkylation sites (tertiary alicyclic amines) is 1. The molecule has 152 valence electrons. The standard InChI is InChI=1S/C23H31NO4/c1-2-26-15-16-27-22-11-9-20(10-12-22)17-24-14-6-13-23(25,18-24)19-28-21-7-4-3-5-8-21/h3-5,7-12,25H,2,6,13-19H2,1H3/t23-/m1/s1. The highest BCUT2D eigenvalue weighted by atomic mass is 16.5. The van der Waals surface area contributed by atoms with Crippen LogP contribution in [0.4, 0.5) is 0 Å². The number of aliphatic hydroxyl groups is 1. The van der Waals surface area contributed by atoms with Crippen molar-refractivity contribution in [2.75, 3.05) is 39.5 Å². The minimum absolute atomic E-state index is 0.320. The summed E-state index contributed by atoms with van der Waals surface area (Å²) >= 11 is 0. The van der Waals surface area contributed by atoms with Crippen LogP contribution >= 0.6 is 0 Å². The molecule has 0 aliphatic carbocycles. The molecule has 0 aromatic heterocycles. The molecule has 1 atom stereocenters. The van der Waals surface area contributed by atoms with Crippen LogP contribution in [0.5, 0.6) is 11.5 Å². The second-order valence-electron chi connectivity index (χ2n) is 7.33. The van der Waals surface area contributed by atoms with E-state index in [1.54, 1.807) is 0 Å². The Morgan fingerprint density at radius 1 is 0.964 bits per heavy atom. The first-order chi connectivity index (χ1) is 13.7.